The van der Waals surface area contributed by atoms with Crippen LogP contribution in [0.5, 0.6) is 0 Å². The molecule has 19 heavy (non-hydrogen) atoms. The topological polar surface area (TPSA) is 45.2 Å². The Morgan fingerprint density at radius 1 is 1.53 bits per heavy atom. The van der Waals surface area contributed by atoms with Gasteiger partial charge >= 0.3 is 6.03 Å². The summed E-state index contributed by atoms with van der Waals surface area (Å²) < 4.78 is 0. The van der Waals surface area contributed by atoms with Crippen LogP contribution in [0.4, 0.5) is 4.79 Å². The Hall–Kier alpha value is -1.58. The molecule has 0 spiro atoms. The average Bonchev–Trinajstić information content (AvgIpc) is 2.48. The molecule has 0 aliphatic carbocycles. The van der Waals surface area contributed by atoms with Crippen LogP contribution >= 0.6 is 0 Å². The number of pyridine rings is 1. The van der Waals surface area contributed by atoms with Gasteiger partial charge in [-0.15, -0.1) is 0 Å². The Kier molecular flexibility index (Phi) is 5.19. The first kappa shape index (κ1) is 13.8. The maximum absolute atomic E-state index is 12.3. The number of urea groups is 1. The minimum Gasteiger partial charge on any atom is -0.338 e. The molecule has 1 N–H and O–H groups in total. The second-order valence-electron chi connectivity index (χ2n) is 5.08. The summed E-state index contributed by atoms with van der Waals surface area (Å²) in [6.07, 6.45) is 9.10. The summed E-state index contributed by atoms with van der Waals surface area (Å²) in [4.78, 5) is 18.4. The van der Waals surface area contributed by atoms with Crippen molar-refractivity contribution >= 4 is 6.03 Å². The highest BCUT2D eigenvalue weighted by atomic mass is 16.2. The van der Waals surface area contributed by atoms with E-state index in [1.165, 1.54) is 6.42 Å². The zero-order valence-electron chi connectivity index (χ0n) is 11.6. The van der Waals surface area contributed by atoms with Crippen LogP contribution in [-0.4, -0.2) is 29.0 Å². The predicted molar refractivity (Wildman–Crippen MR) is 75.8 cm³/mol. The van der Waals surface area contributed by atoms with Crippen LogP contribution in [0.25, 0.3) is 0 Å². The van der Waals surface area contributed by atoms with Crippen molar-refractivity contribution < 1.29 is 4.79 Å². The molecular formula is C15H23N3O. The molecule has 1 aliphatic heterocycles. The lowest BCUT2D eigenvalue weighted by molar-refractivity contribution is 0.151. The summed E-state index contributed by atoms with van der Waals surface area (Å²) >= 11 is 0. The maximum atomic E-state index is 12.3. The third-order valence-corrected chi connectivity index (χ3v) is 3.64. The quantitative estimate of drug-likeness (QED) is 0.846. The molecular weight excluding hydrogens is 238 g/mol. The smallest absolute Gasteiger partial charge is 0.317 e. The van der Waals surface area contributed by atoms with E-state index >= 15 is 0 Å². The van der Waals surface area contributed by atoms with Gasteiger partial charge in [-0.3, -0.25) is 4.98 Å². The molecule has 0 unspecified atom stereocenters. The van der Waals surface area contributed by atoms with Crippen LogP contribution in [0.15, 0.2) is 24.5 Å². The van der Waals surface area contributed by atoms with E-state index in [9.17, 15) is 4.79 Å². The van der Waals surface area contributed by atoms with Gasteiger partial charge in [-0.05, 0) is 37.3 Å². The van der Waals surface area contributed by atoms with E-state index in [2.05, 4.69) is 23.3 Å². The van der Waals surface area contributed by atoms with Crippen molar-refractivity contribution in [1.29, 1.82) is 0 Å². The van der Waals surface area contributed by atoms with Gasteiger partial charge < -0.3 is 10.2 Å². The Balaban J connectivity index is 2.01. The van der Waals surface area contributed by atoms with E-state index < -0.39 is 0 Å². The highest BCUT2D eigenvalue weighted by molar-refractivity contribution is 5.74. The molecule has 1 saturated heterocycles. The van der Waals surface area contributed by atoms with Crippen molar-refractivity contribution in [2.75, 3.05) is 13.1 Å². The van der Waals surface area contributed by atoms with Gasteiger partial charge in [0, 0.05) is 25.5 Å². The fourth-order valence-corrected chi connectivity index (χ4v) is 2.57. The molecule has 1 aromatic rings. The van der Waals surface area contributed by atoms with Gasteiger partial charge in [0.25, 0.3) is 0 Å². The van der Waals surface area contributed by atoms with Gasteiger partial charge in [0.05, 0.1) is 6.04 Å². The fourth-order valence-electron chi connectivity index (χ4n) is 2.57. The first-order valence-corrected chi connectivity index (χ1v) is 7.27. The fraction of sp³-hybridized carbons (Fsp3) is 0.600. The molecule has 1 aromatic heterocycles. The largest absolute Gasteiger partial charge is 0.338 e. The van der Waals surface area contributed by atoms with Crippen molar-refractivity contribution in [1.82, 2.24) is 15.2 Å². The number of aromatic nitrogens is 1. The minimum absolute atomic E-state index is 0.0713. The number of hydrogen-bond acceptors (Lipinski definition) is 2. The summed E-state index contributed by atoms with van der Waals surface area (Å²) in [5, 5.41) is 3.02. The normalized spacial score (nSPS) is 19.2. The predicted octanol–water partition coefficient (Wildman–Crippen LogP) is 3.12. The number of rotatable bonds is 4. The summed E-state index contributed by atoms with van der Waals surface area (Å²) in [7, 11) is 0. The van der Waals surface area contributed by atoms with Crippen LogP contribution in [-0.2, 0) is 0 Å². The van der Waals surface area contributed by atoms with E-state index in [0.717, 1.165) is 44.3 Å². The minimum atomic E-state index is 0.0713. The molecule has 1 fully saturated rings. The first-order valence-electron chi connectivity index (χ1n) is 7.27. The van der Waals surface area contributed by atoms with Crippen molar-refractivity contribution in [2.24, 2.45) is 0 Å². The summed E-state index contributed by atoms with van der Waals surface area (Å²) in [6.45, 7) is 3.74. The Morgan fingerprint density at radius 2 is 2.42 bits per heavy atom. The van der Waals surface area contributed by atoms with E-state index in [4.69, 9.17) is 0 Å². The van der Waals surface area contributed by atoms with Gasteiger partial charge in [0.2, 0.25) is 0 Å². The molecule has 2 rings (SSSR count). The number of hydrogen-bond donors (Lipinski definition) is 1. The van der Waals surface area contributed by atoms with Gasteiger partial charge in [-0.1, -0.05) is 19.4 Å². The van der Waals surface area contributed by atoms with Gasteiger partial charge in [0.15, 0.2) is 0 Å². The number of carbonyl (C=O) groups excluding carboxylic acids is 1. The molecule has 2 amide bonds. The second-order valence-corrected chi connectivity index (χ2v) is 5.08. The maximum Gasteiger partial charge on any atom is 0.317 e. The monoisotopic (exact) mass is 261 g/mol. The second kappa shape index (κ2) is 7.12. The highest BCUT2D eigenvalue weighted by Crippen LogP contribution is 2.30. The molecule has 1 aliphatic rings. The SMILES string of the molecule is CCCCNC(=O)N1CCCC[C@@H]1c1cccnc1. The van der Waals surface area contributed by atoms with E-state index in [-0.39, 0.29) is 12.1 Å². The number of piperidine rings is 1. The molecule has 4 heteroatoms. The molecule has 0 aromatic carbocycles. The number of nitrogens with zero attached hydrogens (tertiary/aromatic N) is 2. The van der Waals surface area contributed by atoms with Gasteiger partial charge in [-0.25, -0.2) is 4.79 Å². The van der Waals surface area contributed by atoms with Crippen LogP contribution in [0, 0.1) is 0 Å². The Bertz CT molecular complexity index is 394. The first-order chi connectivity index (χ1) is 9.33. The van der Waals surface area contributed by atoms with Crippen LogP contribution in [0.3, 0.4) is 0 Å². The van der Waals surface area contributed by atoms with Crippen LogP contribution < -0.4 is 5.32 Å². The third-order valence-electron chi connectivity index (χ3n) is 3.64. The molecule has 0 radical (unpaired) electrons. The molecule has 4 nitrogen and oxygen atoms in total. The zero-order chi connectivity index (χ0) is 13.5. The lowest BCUT2D eigenvalue weighted by atomic mass is 9.97. The van der Waals surface area contributed by atoms with Crippen molar-refractivity contribution in [2.45, 2.75) is 45.1 Å². The standard InChI is InChI=1S/C15H23N3O/c1-2-3-10-17-15(19)18-11-5-4-8-14(18)13-7-6-9-16-12-13/h6-7,9,12,14H,2-5,8,10-11H2,1H3,(H,17,19)/t14-/m1/s1. The van der Waals surface area contributed by atoms with Crippen molar-refractivity contribution in [3.05, 3.63) is 30.1 Å². The zero-order valence-corrected chi connectivity index (χ0v) is 11.6. The lowest BCUT2D eigenvalue weighted by Crippen LogP contribution is -2.44. The molecule has 0 saturated carbocycles. The van der Waals surface area contributed by atoms with E-state index in [1.807, 2.05) is 17.2 Å². The summed E-state index contributed by atoms with van der Waals surface area (Å²) in [6, 6.07) is 4.26. The number of nitrogens with one attached hydrogen (secondary N) is 1. The number of unbranched alkanes of at least 4 members (excludes halogenated alkanes) is 1. The Morgan fingerprint density at radius 3 is 3.16 bits per heavy atom. The van der Waals surface area contributed by atoms with Crippen molar-refractivity contribution in [3.63, 3.8) is 0 Å². The number of carbonyl (C=O) groups is 1. The average molecular weight is 261 g/mol. The lowest BCUT2D eigenvalue weighted by Gasteiger charge is -2.35. The number of amides is 2. The molecule has 1 atom stereocenters. The van der Waals surface area contributed by atoms with Crippen LogP contribution in [0.2, 0.25) is 0 Å². The highest BCUT2D eigenvalue weighted by Gasteiger charge is 2.27. The van der Waals surface area contributed by atoms with Crippen molar-refractivity contribution in [3.8, 4) is 0 Å². The Labute approximate surface area is 115 Å². The third kappa shape index (κ3) is 3.69. The number of likely N-dealkylation sites (tertiary alicyclic amines) is 1. The van der Waals surface area contributed by atoms with E-state index in [0.29, 0.717) is 0 Å². The summed E-state index contributed by atoms with van der Waals surface area (Å²) in [5.41, 5.74) is 1.15. The summed E-state index contributed by atoms with van der Waals surface area (Å²) in [5.74, 6) is 0. The van der Waals surface area contributed by atoms with E-state index in [1.54, 1.807) is 6.20 Å². The molecule has 104 valence electrons. The van der Waals surface area contributed by atoms with Gasteiger partial charge in [-0.2, -0.15) is 0 Å². The molecule has 2 heterocycles. The molecule has 0 bridgehead atoms. The van der Waals surface area contributed by atoms with Crippen LogP contribution in [0.1, 0.15) is 50.6 Å². The van der Waals surface area contributed by atoms with Gasteiger partial charge in [0.1, 0.15) is 0 Å².